The number of anilines is 2. The second-order valence-corrected chi connectivity index (χ2v) is 7.36. The first kappa shape index (κ1) is 18.3. The summed E-state index contributed by atoms with van der Waals surface area (Å²) >= 11 is 0. The Morgan fingerprint density at radius 2 is 2.12 bits per heavy atom. The van der Waals surface area contributed by atoms with Crippen LogP contribution in [-0.4, -0.2) is 38.8 Å². The number of carbonyl (C=O) groups excluding carboxylic acids is 1. The fraction of sp³-hybridized carbons (Fsp3) is 0.500. The van der Waals surface area contributed by atoms with Gasteiger partial charge in [-0.25, -0.2) is 9.97 Å². The monoisotopic (exact) mass is 353 g/mol. The van der Waals surface area contributed by atoms with Gasteiger partial charge >= 0.3 is 0 Å². The normalized spacial score (nSPS) is 17.4. The van der Waals surface area contributed by atoms with Crippen molar-refractivity contribution in [3.05, 3.63) is 42.0 Å². The third kappa shape index (κ3) is 4.56. The maximum atomic E-state index is 12.5. The zero-order valence-electron chi connectivity index (χ0n) is 15.8. The van der Waals surface area contributed by atoms with Gasteiger partial charge in [-0.05, 0) is 37.8 Å². The maximum absolute atomic E-state index is 12.5. The minimum Gasteiger partial charge on any atom is -0.342 e. The first-order valence-electron chi connectivity index (χ1n) is 9.32. The Kier molecular flexibility index (Phi) is 5.81. The Morgan fingerprint density at radius 3 is 2.88 bits per heavy atom. The summed E-state index contributed by atoms with van der Waals surface area (Å²) < 4.78 is 0. The molecule has 0 aliphatic carbocycles. The fourth-order valence-corrected chi connectivity index (χ4v) is 3.38. The van der Waals surface area contributed by atoms with E-state index in [9.17, 15) is 4.79 Å². The molecule has 1 amide bonds. The van der Waals surface area contributed by atoms with E-state index in [2.05, 4.69) is 34.1 Å². The molecule has 1 aliphatic heterocycles. The fourth-order valence-electron chi connectivity index (χ4n) is 3.38. The van der Waals surface area contributed by atoms with Crippen LogP contribution in [-0.2, 0) is 4.79 Å². The summed E-state index contributed by atoms with van der Waals surface area (Å²) in [5.41, 5.74) is 1.86. The first-order chi connectivity index (χ1) is 12.5. The van der Waals surface area contributed by atoms with Crippen LogP contribution in [0.5, 0.6) is 0 Å². The average molecular weight is 353 g/mol. The van der Waals surface area contributed by atoms with Crippen LogP contribution in [0.3, 0.4) is 0 Å². The van der Waals surface area contributed by atoms with Crippen LogP contribution in [0.1, 0.15) is 50.4 Å². The first-order valence-corrected chi connectivity index (χ1v) is 9.32. The molecule has 0 bridgehead atoms. The van der Waals surface area contributed by atoms with Gasteiger partial charge in [0.1, 0.15) is 5.82 Å². The van der Waals surface area contributed by atoms with E-state index in [1.54, 1.807) is 12.4 Å². The van der Waals surface area contributed by atoms with E-state index >= 15 is 0 Å². The number of nitrogens with one attached hydrogen (secondary N) is 1. The molecule has 1 fully saturated rings. The van der Waals surface area contributed by atoms with E-state index < -0.39 is 0 Å². The summed E-state index contributed by atoms with van der Waals surface area (Å²) in [5.74, 6) is 2.30. The van der Waals surface area contributed by atoms with Crippen LogP contribution < -0.4 is 5.32 Å². The predicted molar refractivity (Wildman–Crippen MR) is 102 cm³/mol. The summed E-state index contributed by atoms with van der Waals surface area (Å²) in [6.07, 6.45) is 6.02. The van der Waals surface area contributed by atoms with Gasteiger partial charge in [0.05, 0.1) is 5.69 Å². The van der Waals surface area contributed by atoms with Crippen molar-refractivity contribution in [2.24, 2.45) is 5.92 Å². The highest BCUT2D eigenvalue weighted by Crippen LogP contribution is 2.30. The number of hydrogen-bond donors (Lipinski definition) is 1. The van der Waals surface area contributed by atoms with Gasteiger partial charge in [0.15, 0.2) is 5.82 Å². The smallest absolute Gasteiger partial charge is 0.222 e. The van der Waals surface area contributed by atoms with Crippen LogP contribution in [0, 0.1) is 12.8 Å². The highest BCUT2D eigenvalue weighted by Gasteiger charge is 2.28. The van der Waals surface area contributed by atoms with Gasteiger partial charge in [-0.15, -0.1) is 0 Å². The minimum absolute atomic E-state index is 0.195. The number of hydrogen-bond acceptors (Lipinski definition) is 5. The lowest BCUT2D eigenvalue weighted by atomic mass is 9.93. The number of amides is 1. The average Bonchev–Trinajstić information content (AvgIpc) is 2.62. The lowest BCUT2D eigenvalue weighted by molar-refractivity contribution is -0.133. The van der Waals surface area contributed by atoms with E-state index in [-0.39, 0.29) is 11.8 Å². The number of aryl methyl sites for hydroxylation is 1. The van der Waals surface area contributed by atoms with E-state index in [0.29, 0.717) is 18.9 Å². The number of likely N-dealkylation sites (tertiary alicyclic amines) is 1. The number of pyridine rings is 1. The molecule has 1 aliphatic rings. The molecule has 138 valence electrons. The zero-order valence-corrected chi connectivity index (χ0v) is 15.8. The molecule has 0 radical (unpaired) electrons. The Labute approximate surface area is 155 Å². The van der Waals surface area contributed by atoms with Crippen molar-refractivity contribution in [3.8, 4) is 0 Å². The van der Waals surface area contributed by atoms with Gasteiger partial charge in [0.25, 0.3) is 0 Å². The Hall–Kier alpha value is -2.50. The molecule has 26 heavy (non-hydrogen) atoms. The van der Waals surface area contributed by atoms with Crippen molar-refractivity contribution in [2.45, 2.75) is 46.0 Å². The van der Waals surface area contributed by atoms with Crippen LogP contribution >= 0.6 is 0 Å². The van der Waals surface area contributed by atoms with Gasteiger partial charge in [-0.2, -0.15) is 0 Å². The van der Waals surface area contributed by atoms with Gasteiger partial charge < -0.3 is 10.2 Å². The van der Waals surface area contributed by atoms with Crippen LogP contribution in [0.15, 0.2) is 30.6 Å². The Bertz CT molecular complexity index is 761. The van der Waals surface area contributed by atoms with E-state index in [1.807, 2.05) is 30.0 Å². The summed E-state index contributed by atoms with van der Waals surface area (Å²) in [6.45, 7) is 7.67. The lowest BCUT2D eigenvalue weighted by Gasteiger charge is -2.33. The topological polar surface area (TPSA) is 71.0 Å². The quantitative estimate of drug-likeness (QED) is 0.888. The number of aromatic nitrogens is 3. The molecule has 6 heteroatoms. The molecule has 1 saturated heterocycles. The maximum Gasteiger partial charge on any atom is 0.222 e. The molecule has 0 aromatic carbocycles. The number of rotatable bonds is 5. The third-order valence-electron chi connectivity index (χ3n) is 4.61. The number of nitrogens with zero attached hydrogens (tertiary/aromatic N) is 4. The molecule has 2 aromatic rings. The van der Waals surface area contributed by atoms with Crippen molar-refractivity contribution in [2.75, 3.05) is 18.4 Å². The molecule has 3 heterocycles. The number of piperidine rings is 1. The Morgan fingerprint density at radius 1 is 1.31 bits per heavy atom. The van der Waals surface area contributed by atoms with Crippen molar-refractivity contribution in [1.82, 2.24) is 19.9 Å². The molecule has 3 rings (SSSR count). The van der Waals surface area contributed by atoms with Crippen LogP contribution in [0.4, 0.5) is 11.6 Å². The SMILES string of the molecule is Cc1cccc(Nc2nccnc2[C@@H]2CCCN(C(=O)CC(C)C)C2)n1. The van der Waals surface area contributed by atoms with Crippen LogP contribution in [0.25, 0.3) is 0 Å². The zero-order chi connectivity index (χ0) is 18.5. The van der Waals surface area contributed by atoms with Crippen molar-refractivity contribution in [1.29, 1.82) is 0 Å². The molecule has 6 nitrogen and oxygen atoms in total. The predicted octanol–water partition coefficient (Wildman–Crippen LogP) is 3.68. The molecule has 1 N–H and O–H groups in total. The van der Waals surface area contributed by atoms with Gasteiger partial charge in [0, 0.05) is 43.5 Å². The molecular weight excluding hydrogens is 326 g/mol. The van der Waals surface area contributed by atoms with E-state index in [1.165, 1.54) is 0 Å². The molecule has 0 unspecified atom stereocenters. The third-order valence-corrected chi connectivity index (χ3v) is 4.61. The summed E-state index contributed by atoms with van der Waals surface area (Å²) in [5, 5.41) is 3.30. The van der Waals surface area contributed by atoms with Crippen molar-refractivity contribution < 1.29 is 4.79 Å². The summed E-state index contributed by atoms with van der Waals surface area (Å²) in [7, 11) is 0. The van der Waals surface area contributed by atoms with Crippen molar-refractivity contribution >= 4 is 17.5 Å². The van der Waals surface area contributed by atoms with Gasteiger partial charge in [-0.1, -0.05) is 19.9 Å². The standard InChI is InChI=1S/C20H27N5O/c1-14(2)12-18(26)25-11-5-7-16(13-25)19-20(22-10-9-21-19)24-17-8-4-6-15(3)23-17/h4,6,8-10,14,16H,5,7,11-13H2,1-3H3,(H,22,23,24)/t16-/m1/s1. The Balaban J connectivity index is 1.77. The lowest BCUT2D eigenvalue weighted by Crippen LogP contribution is -2.39. The largest absolute Gasteiger partial charge is 0.342 e. The second-order valence-electron chi connectivity index (χ2n) is 7.36. The van der Waals surface area contributed by atoms with Gasteiger partial charge in [0.2, 0.25) is 5.91 Å². The van der Waals surface area contributed by atoms with E-state index in [0.717, 1.165) is 42.4 Å². The molecule has 1 atom stereocenters. The minimum atomic E-state index is 0.195. The molecule has 0 spiro atoms. The molecule has 2 aromatic heterocycles. The highest BCUT2D eigenvalue weighted by atomic mass is 16.2. The highest BCUT2D eigenvalue weighted by molar-refractivity contribution is 5.76. The number of carbonyl (C=O) groups is 1. The second kappa shape index (κ2) is 8.25. The molecular formula is C20H27N5O. The molecule has 0 saturated carbocycles. The van der Waals surface area contributed by atoms with Gasteiger partial charge in [-0.3, -0.25) is 9.78 Å². The van der Waals surface area contributed by atoms with Crippen molar-refractivity contribution in [3.63, 3.8) is 0 Å². The van der Waals surface area contributed by atoms with E-state index in [4.69, 9.17) is 0 Å². The van der Waals surface area contributed by atoms with Crippen LogP contribution in [0.2, 0.25) is 0 Å². The summed E-state index contributed by atoms with van der Waals surface area (Å²) in [4.78, 5) is 28.0. The summed E-state index contributed by atoms with van der Waals surface area (Å²) in [6, 6.07) is 5.85.